The molecule has 4 aromatic rings. The van der Waals surface area contributed by atoms with Crippen molar-refractivity contribution in [2.45, 2.75) is 0 Å². The number of anilines is 8. The lowest BCUT2D eigenvalue weighted by atomic mass is 10.2. The van der Waals surface area contributed by atoms with Crippen molar-refractivity contribution in [2.75, 3.05) is 21.3 Å². The van der Waals surface area contributed by atoms with E-state index in [0.29, 0.717) is 33.9 Å². The number of nitrogens with one attached hydrogen (secondary N) is 4. The molecule has 4 N–H and O–H groups in total. The van der Waals surface area contributed by atoms with Crippen molar-refractivity contribution in [1.29, 1.82) is 0 Å². The first kappa shape index (κ1) is 18.1. The minimum Gasteiger partial charge on any atom is -0.339 e. The maximum atomic E-state index is 14.3. The fraction of sp³-hybridized carbons (Fsp3) is 0. The van der Waals surface area contributed by atoms with Crippen molar-refractivity contribution in [3.05, 3.63) is 71.8 Å². The number of benzene rings is 2. The van der Waals surface area contributed by atoms with Crippen molar-refractivity contribution >= 4 is 57.9 Å². The minimum absolute atomic E-state index is 0.0519. The number of nitrogens with zero attached hydrogens (tertiary/aromatic N) is 4. The fourth-order valence-corrected chi connectivity index (χ4v) is 3.05. The Bertz CT molecular complexity index is 1150. The first-order chi connectivity index (χ1) is 14.6. The molecule has 148 valence electrons. The second-order valence-electron chi connectivity index (χ2n) is 6.44. The summed E-state index contributed by atoms with van der Waals surface area (Å²) in [4.78, 5) is 16.9. The van der Waals surface area contributed by atoms with Crippen LogP contribution in [0.3, 0.4) is 0 Å². The number of fused-ring (bicyclic) bond motifs is 8. The van der Waals surface area contributed by atoms with E-state index in [-0.39, 0.29) is 11.8 Å². The molecular formula is C20H14ClFN8. The van der Waals surface area contributed by atoms with Crippen molar-refractivity contribution < 1.29 is 4.39 Å². The third-order valence-electron chi connectivity index (χ3n) is 4.25. The molecule has 10 heteroatoms. The van der Waals surface area contributed by atoms with E-state index >= 15 is 0 Å². The molecule has 1 aliphatic heterocycles. The van der Waals surface area contributed by atoms with Crippen molar-refractivity contribution in [3.8, 4) is 0 Å². The zero-order valence-corrected chi connectivity index (χ0v) is 16.1. The molecule has 0 spiro atoms. The molecule has 2 aromatic heterocycles. The van der Waals surface area contributed by atoms with Crippen LogP contribution in [0.4, 0.5) is 50.7 Å². The Morgan fingerprint density at radius 3 is 1.80 bits per heavy atom. The lowest BCUT2D eigenvalue weighted by molar-refractivity contribution is 0.619. The Morgan fingerprint density at radius 1 is 0.667 bits per heavy atom. The molecule has 0 atom stereocenters. The number of rotatable bonds is 0. The van der Waals surface area contributed by atoms with Gasteiger partial charge in [0.15, 0.2) is 17.5 Å². The van der Waals surface area contributed by atoms with Crippen LogP contribution in [0.25, 0.3) is 0 Å². The van der Waals surface area contributed by atoms with E-state index in [1.165, 1.54) is 6.20 Å². The molecule has 30 heavy (non-hydrogen) atoms. The second kappa shape index (κ2) is 7.45. The summed E-state index contributed by atoms with van der Waals surface area (Å²) in [6, 6.07) is 14.6. The molecule has 0 saturated carbocycles. The van der Waals surface area contributed by atoms with E-state index < -0.39 is 5.82 Å². The predicted octanol–water partition coefficient (Wildman–Crippen LogP) is 5.35. The molecule has 0 amide bonds. The Kier molecular flexibility index (Phi) is 4.49. The van der Waals surface area contributed by atoms with Gasteiger partial charge in [-0.1, -0.05) is 23.7 Å². The standard InChI is InChI=1S/C20H14ClFN8/c21-15-9-23-19-27-14-6-2-4-12(8-14)26-18-16(22)10-24-20(30-18)28-13-5-1-3-11(7-13)25-17(15)29-19/h1-10H,(H2,23,25,27,29)(H2,24,26,28,30). The average molecular weight is 421 g/mol. The lowest BCUT2D eigenvalue weighted by Gasteiger charge is -2.14. The molecule has 1 aliphatic rings. The number of aromatic nitrogens is 4. The highest BCUT2D eigenvalue weighted by molar-refractivity contribution is 6.32. The first-order valence-electron chi connectivity index (χ1n) is 8.96. The molecule has 3 heterocycles. The summed E-state index contributed by atoms with van der Waals surface area (Å²) < 4.78 is 14.3. The van der Waals surface area contributed by atoms with E-state index in [0.717, 1.165) is 11.9 Å². The van der Waals surface area contributed by atoms with Crippen LogP contribution in [0, 0.1) is 5.82 Å². The summed E-state index contributed by atoms with van der Waals surface area (Å²) in [5.41, 5.74) is 2.77. The molecule has 8 nitrogen and oxygen atoms in total. The number of hydrogen-bond donors (Lipinski definition) is 4. The number of hydrogen-bond acceptors (Lipinski definition) is 8. The average Bonchev–Trinajstić information content (AvgIpc) is 2.73. The largest absolute Gasteiger partial charge is 0.339 e. The van der Waals surface area contributed by atoms with Gasteiger partial charge in [0.1, 0.15) is 5.02 Å². The minimum atomic E-state index is -0.568. The van der Waals surface area contributed by atoms with Crippen LogP contribution in [0.1, 0.15) is 0 Å². The van der Waals surface area contributed by atoms with E-state index in [9.17, 15) is 4.39 Å². The van der Waals surface area contributed by atoms with Gasteiger partial charge in [-0.3, -0.25) is 0 Å². The highest BCUT2D eigenvalue weighted by Gasteiger charge is 2.11. The normalized spacial score (nSPS) is 12.1. The molecule has 2 aromatic carbocycles. The monoisotopic (exact) mass is 420 g/mol. The van der Waals surface area contributed by atoms with Crippen LogP contribution < -0.4 is 21.3 Å². The van der Waals surface area contributed by atoms with E-state index in [1.807, 2.05) is 36.4 Å². The molecule has 0 saturated heterocycles. The van der Waals surface area contributed by atoms with E-state index in [2.05, 4.69) is 41.2 Å². The van der Waals surface area contributed by atoms with Crippen LogP contribution in [0.15, 0.2) is 60.9 Å². The van der Waals surface area contributed by atoms with Gasteiger partial charge in [-0.25, -0.2) is 14.4 Å². The summed E-state index contributed by atoms with van der Waals surface area (Å²) in [5, 5.41) is 12.7. The Labute approximate surface area is 175 Å². The molecular weight excluding hydrogens is 407 g/mol. The van der Waals surface area contributed by atoms with E-state index in [1.54, 1.807) is 12.1 Å². The van der Waals surface area contributed by atoms with Gasteiger partial charge in [-0.05, 0) is 36.4 Å². The predicted molar refractivity (Wildman–Crippen MR) is 115 cm³/mol. The van der Waals surface area contributed by atoms with Crippen LogP contribution in [-0.4, -0.2) is 19.9 Å². The highest BCUT2D eigenvalue weighted by Crippen LogP contribution is 2.28. The lowest BCUT2D eigenvalue weighted by Crippen LogP contribution is -2.05. The molecule has 5 rings (SSSR count). The summed E-state index contributed by atoms with van der Waals surface area (Å²) in [6.07, 6.45) is 2.63. The van der Waals surface area contributed by atoms with Crippen molar-refractivity contribution in [2.24, 2.45) is 0 Å². The number of halogens is 2. The molecule has 0 unspecified atom stereocenters. The zero-order chi connectivity index (χ0) is 20.5. The van der Waals surface area contributed by atoms with Gasteiger partial charge in [-0.15, -0.1) is 0 Å². The van der Waals surface area contributed by atoms with Crippen LogP contribution in [-0.2, 0) is 0 Å². The van der Waals surface area contributed by atoms with E-state index in [4.69, 9.17) is 11.6 Å². The van der Waals surface area contributed by atoms with Gasteiger partial charge in [-0.2, -0.15) is 9.97 Å². The summed E-state index contributed by atoms with van der Waals surface area (Å²) >= 11 is 6.27. The molecule has 8 bridgehead atoms. The Morgan fingerprint density at radius 2 is 1.17 bits per heavy atom. The van der Waals surface area contributed by atoms with Crippen LogP contribution in [0.5, 0.6) is 0 Å². The molecule has 0 fully saturated rings. The third kappa shape index (κ3) is 3.78. The quantitative estimate of drug-likeness (QED) is 0.266. The van der Waals surface area contributed by atoms with Gasteiger partial charge in [0.05, 0.1) is 12.4 Å². The molecule has 0 aliphatic carbocycles. The van der Waals surface area contributed by atoms with Crippen molar-refractivity contribution in [3.63, 3.8) is 0 Å². The summed E-state index contributed by atoms with van der Waals surface area (Å²) in [6.45, 7) is 0. The second-order valence-corrected chi connectivity index (χ2v) is 6.85. The fourth-order valence-electron chi connectivity index (χ4n) is 2.91. The Hall–Kier alpha value is -3.98. The van der Waals surface area contributed by atoms with Crippen molar-refractivity contribution in [1.82, 2.24) is 19.9 Å². The molecule has 0 radical (unpaired) electrons. The smallest absolute Gasteiger partial charge is 0.229 e. The van der Waals surface area contributed by atoms with Gasteiger partial charge in [0, 0.05) is 22.7 Å². The Balaban J connectivity index is 1.63. The van der Waals surface area contributed by atoms with Crippen LogP contribution >= 0.6 is 11.6 Å². The zero-order valence-electron chi connectivity index (χ0n) is 15.3. The van der Waals surface area contributed by atoms with Gasteiger partial charge in [0.25, 0.3) is 0 Å². The third-order valence-corrected chi connectivity index (χ3v) is 4.53. The highest BCUT2D eigenvalue weighted by atomic mass is 35.5. The topological polar surface area (TPSA) is 99.7 Å². The van der Waals surface area contributed by atoms with Crippen LogP contribution in [0.2, 0.25) is 5.02 Å². The van der Waals surface area contributed by atoms with Gasteiger partial charge >= 0.3 is 0 Å². The summed E-state index contributed by atoms with van der Waals surface area (Å²) in [5.74, 6) is 0.542. The SMILES string of the molecule is Fc1cnc2nc1Nc1cccc(c1)Nc1ncc(Cl)c(n1)Nc1cccc(c1)N2. The van der Waals surface area contributed by atoms with Gasteiger partial charge < -0.3 is 21.3 Å². The maximum absolute atomic E-state index is 14.3. The summed E-state index contributed by atoms with van der Waals surface area (Å²) in [7, 11) is 0. The van der Waals surface area contributed by atoms with Gasteiger partial charge in [0.2, 0.25) is 11.9 Å². The first-order valence-corrected chi connectivity index (χ1v) is 9.33. The maximum Gasteiger partial charge on any atom is 0.229 e.